The van der Waals surface area contributed by atoms with Crippen molar-refractivity contribution in [2.45, 2.75) is 13.8 Å². The number of hydrogen-bond acceptors (Lipinski definition) is 4. The molecular weight excluding hydrogens is 206 g/mol. The van der Waals surface area contributed by atoms with Crippen LogP contribution in [0.25, 0.3) is 0 Å². The summed E-state index contributed by atoms with van der Waals surface area (Å²) >= 11 is 0. The molecule has 2 rings (SSSR count). The molecule has 0 spiro atoms. The van der Waals surface area contributed by atoms with Gasteiger partial charge in [0.1, 0.15) is 0 Å². The Morgan fingerprint density at radius 3 is 1.94 bits per heavy atom. The van der Waals surface area contributed by atoms with Crippen molar-refractivity contribution in [3.8, 4) is 0 Å². The van der Waals surface area contributed by atoms with Gasteiger partial charge in [0.2, 0.25) is 0 Å². The van der Waals surface area contributed by atoms with Crippen LogP contribution in [0.5, 0.6) is 0 Å². The Bertz CT molecular complexity index is 369. The molecule has 3 N–H and O–H groups in total. The van der Waals surface area contributed by atoms with Crippen LogP contribution in [0.4, 0.5) is 0 Å². The fourth-order valence-electron chi connectivity index (χ4n) is 1.47. The molecule has 0 aromatic heterocycles. The third kappa shape index (κ3) is 1.95. The van der Waals surface area contributed by atoms with E-state index in [0.717, 1.165) is 4.90 Å². The summed E-state index contributed by atoms with van der Waals surface area (Å²) in [5.41, 5.74) is 3.17. The Labute approximate surface area is 94.2 Å². The first-order chi connectivity index (χ1) is 7.75. The normalized spacial score (nSPS) is 13.3. The quantitative estimate of drug-likeness (QED) is 0.438. The highest BCUT2D eigenvalue weighted by Crippen LogP contribution is 2.21. The molecule has 0 saturated heterocycles. The van der Waals surface area contributed by atoms with Gasteiger partial charge in [-0.3, -0.25) is 20.3 Å². The summed E-state index contributed by atoms with van der Waals surface area (Å²) < 4.78 is 0. The van der Waals surface area contributed by atoms with E-state index >= 15 is 0 Å². The number of nitrogens with zero attached hydrogens (tertiary/aromatic N) is 1. The molecule has 5 heteroatoms. The molecule has 1 aromatic carbocycles. The third-order valence-electron chi connectivity index (χ3n) is 2.13. The topological polar surface area (TPSA) is 75.4 Å². The second-order valence-corrected chi connectivity index (χ2v) is 2.95. The van der Waals surface area contributed by atoms with Crippen LogP contribution in [0.2, 0.25) is 0 Å². The van der Waals surface area contributed by atoms with Crippen LogP contribution in [-0.2, 0) is 0 Å². The first kappa shape index (κ1) is 12.4. The lowest BCUT2D eigenvalue weighted by Crippen LogP contribution is -2.41. The lowest BCUT2D eigenvalue weighted by atomic mass is 10.1. The van der Waals surface area contributed by atoms with Crippen molar-refractivity contribution in [3.05, 3.63) is 35.4 Å². The van der Waals surface area contributed by atoms with Crippen molar-refractivity contribution in [2.24, 2.45) is 5.84 Å². The first-order valence-corrected chi connectivity index (χ1v) is 5.14. The van der Waals surface area contributed by atoms with Gasteiger partial charge in [0, 0.05) is 0 Å². The van der Waals surface area contributed by atoms with Crippen molar-refractivity contribution >= 4 is 11.8 Å². The maximum absolute atomic E-state index is 11.6. The second kappa shape index (κ2) is 5.39. The van der Waals surface area contributed by atoms with Crippen molar-refractivity contribution in [1.29, 1.82) is 0 Å². The number of benzene rings is 1. The van der Waals surface area contributed by atoms with E-state index in [0.29, 0.717) is 11.1 Å². The number of imide groups is 1. The number of amides is 2. The smallest absolute Gasteiger partial charge is 0.262 e. The molecule has 0 saturated carbocycles. The van der Waals surface area contributed by atoms with Crippen molar-refractivity contribution in [2.75, 3.05) is 6.67 Å². The summed E-state index contributed by atoms with van der Waals surface area (Å²) in [4.78, 5) is 24.3. The summed E-state index contributed by atoms with van der Waals surface area (Å²) in [6, 6.07) is 6.71. The molecule has 0 fully saturated rings. The van der Waals surface area contributed by atoms with E-state index in [1.165, 1.54) is 0 Å². The van der Waals surface area contributed by atoms with Gasteiger partial charge in [-0.15, -0.1) is 0 Å². The minimum absolute atomic E-state index is 0.0341. The fraction of sp³-hybridized carbons (Fsp3) is 0.273. The van der Waals surface area contributed by atoms with E-state index in [1.807, 2.05) is 13.8 Å². The zero-order chi connectivity index (χ0) is 12.1. The molecule has 5 nitrogen and oxygen atoms in total. The Morgan fingerprint density at radius 2 is 1.56 bits per heavy atom. The van der Waals surface area contributed by atoms with Crippen LogP contribution in [0.3, 0.4) is 0 Å². The number of fused-ring (bicyclic) bond motifs is 1. The Kier molecular flexibility index (Phi) is 4.16. The van der Waals surface area contributed by atoms with Crippen LogP contribution in [-0.4, -0.2) is 23.4 Å². The summed E-state index contributed by atoms with van der Waals surface area (Å²) in [7, 11) is 0. The molecule has 0 bridgehead atoms. The van der Waals surface area contributed by atoms with E-state index in [4.69, 9.17) is 5.84 Å². The minimum atomic E-state index is -0.302. The van der Waals surface area contributed by atoms with Gasteiger partial charge in [-0.2, -0.15) is 0 Å². The number of hydrogen-bond donors (Lipinski definition) is 2. The molecular formula is C11H15N3O2. The van der Waals surface area contributed by atoms with Crippen molar-refractivity contribution < 1.29 is 9.59 Å². The second-order valence-electron chi connectivity index (χ2n) is 2.95. The minimum Gasteiger partial charge on any atom is -0.270 e. The zero-order valence-corrected chi connectivity index (χ0v) is 9.36. The summed E-state index contributed by atoms with van der Waals surface area (Å²) in [6.07, 6.45) is 0. The third-order valence-corrected chi connectivity index (χ3v) is 2.13. The Morgan fingerprint density at radius 1 is 1.12 bits per heavy atom. The fourth-order valence-corrected chi connectivity index (χ4v) is 1.47. The molecule has 1 heterocycles. The van der Waals surface area contributed by atoms with Gasteiger partial charge >= 0.3 is 0 Å². The van der Waals surface area contributed by atoms with Gasteiger partial charge in [-0.05, 0) is 12.1 Å². The van der Waals surface area contributed by atoms with Crippen molar-refractivity contribution in [3.63, 3.8) is 0 Å². The van der Waals surface area contributed by atoms with Gasteiger partial charge in [-0.1, -0.05) is 26.0 Å². The van der Waals surface area contributed by atoms with E-state index < -0.39 is 0 Å². The highest BCUT2D eigenvalue weighted by molar-refractivity contribution is 6.21. The molecule has 1 aliphatic heterocycles. The van der Waals surface area contributed by atoms with Gasteiger partial charge < -0.3 is 0 Å². The van der Waals surface area contributed by atoms with E-state index in [9.17, 15) is 9.59 Å². The highest BCUT2D eigenvalue weighted by Gasteiger charge is 2.34. The monoisotopic (exact) mass is 221 g/mol. The van der Waals surface area contributed by atoms with Crippen molar-refractivity contribution in [1.82, 2.24) is 10.3 Å². The summed E-state index contributed by atoms with van der Waals surface area (Å²) in [6.45, 7) is 4.03. The molecule has 1 aliphatic rings. The molecule has 0 unspecified atom stereocenters. The average molecular weight is 221 g/mol. The van der Waals surface area contributed by atoms with Gasteiger partial charge in [-0.25, -0.2) is 5.43 Å². The SMILES string of the molecule is CC.NNCN1C(=O)c2ccccc2C1=O. The van der Waals surface area contributed by atoms with E-state index in [2.05, 4.69) is 5.43 Å². The predicted molar refractivity (Wildman–Crippen MR) is 60.5 cm³/mol. The van der Waals surface area contributed by atoms with E-state index in [-0.39, 0.29) is 18.5 Å². The lowest BCUT2D eigenvalue weighted by molar-refractivity contribution is 0.0642. The van der Waals surface area contributed by atoms with Crippen LogP contribution < -0.4 is 11.3 Å². The molecule has 0 atom stereocenters. The maximum Gasteiger partial charge on any atom is 0.262 e. The lowest BCUT2D eigenvalue weighted by Gasteiger charge is -2.11. The van der Waals surface area contributed by atoms with Gasteiger partial charge in [0.25, 0.3) is 11.8 Å². The number of carbonyl (C=O) groups excluding carboxylic acids is 2. The molecule has 0 radical (unpaired) electrons. The highest BCUT2D eigenvalue weighted by atomic mass is 16.2. The van der Waals surface area contributed by atoms with Gasteiger partial charge in [0.15, 0.2) is 0 Å². The zero-order valence-electron chi connectivity index (χ0n) is 9.36. The number of hydrazine groups is 1. The molecule has 1 aromatic rings. The predicted octanol–water partition coefficient (Wildman–Crippen LogP) is 0.730. The first-order valence-electron chi connectivity index (χ1n) is 5.14. The maximum atomic E-state index is 11.6. The Hall–Kier alpha value is -1.72. The molecule has 0 aliphatic carbocycles. The van der Waals surface area contributed by atoms with E-state index in [1.54, 1.807) is 24.3 Å². The number of nitrogens with one attached hydrogen (secondary N) is 1. The standard InChI is InChI=1S/C9H9N3O2.C2H6/c10-11-5-12-8(13)6-3-1-2-4-7(6)9(12)14;1-2/h1-4,11H,5,10H2;1-2H3. The number of rotatable bonds is 2. The molecule has 86 valence electrons. The van der Waals surface area contributed by atoms with Crippen LogP contribution >= 0.6 is 0 Å². The largest absolute Gasteiger partial charge is 0.270 e. The summed E-state index contributed by atoms with van der Waals surface area (Å²) in [5.74, 6) is 4.47. The van der Waals surface area contributed by atoms with Crippen LogP contribution in [0.15, 0.2) is 24.3 Å². The summed E-state index contributed by atoms with van der Waals surface area (Å²) in [5, 5.41) is 0. The van der Waals surface area contributed by atoms with Crippen LogP contribution in [0, 0.1) is 0 Å². The molecule has 16 heavy (non-hydrogen) atoms. The number of nitrogens with two attached hydrogens (primary N) is 1. The average Bonchev–Trinajstić information content (AvgIpc) is 2.58. The van der Waals surface area contributed by atoms with Gasteiger partial charge in [0.05, 0.1) is 17.8 Å². The Balaban J connectivity index is 0.000000606. The van der Waals surface area contributed by atoms with Crippen LogP contribution in [0.1, 0.15) is 34.6 Å². The number of carbonyl (C=O) groups is 2. The molecule has 2 amide bonds.